The second kappa shape index (κ2) is 8.50. The zero-order valence-electron chi connectivity index (χ0n) is 14.1. The lowest BCUT2D eigenvalue weighted by Gasteiger charge is -2.29. The summed E-state index contributed by atoms with van der Waals surface area (Å²) in [7, 11) is 1.16. The van der Waals surface area contributed by atoms with Crippen molar-refractivity contribution in [2.75, 3.05) is 25.0 Å². The Labute approximate surface area is 160 Å². The molecular weight excluding hydrogens is 437 g/mol. The van der Waals surface area contributed by atoms with Gasteiger partial charge >= 0.3 is 17.7 Å². The lowest BCUT2D eigenvalue weighted by molar-refractivity contribution is -0.385. The van der Waals surface area contributed by atoms with Crippen molar-refractivity contribution in [3.8, 4) is 5.88 Å². The molecule has 148 valence electrons. The Morgan fingerprint density at radius 1 is 1.48 bits per heavy atom. The van der Waals surface area contributed by atoms with Crippen molar-refractivity contribution >= 4 is 33.3 Å². The average molecular weight is 453 g/mol. The number of allylic oxidation sites excluding steroid dienone is 1. The predicted octanol–water partition coefficient (Wildman–Crippen LogP) is 2.56. The third-order valence-electron chi connectivity index (χ3n) is 3.70. The fraction of sp³-hybridized carbons (Fsp3) is 0.500. The molecule has 27 heavy (non-hydrogen) atoms. The van der Waals surface area contributed by atoms with E-state index in [4.69, 9.17) is 10.5 Å². The number of aromatic nitrogens is 2. The fourth-order valence-corrected chi connectivity index (χ4v) is 2.74. The topological polar surface area (TPSA) is 120 Å². The van der Waals surface area contributed by atoms with Gasteiger partial charge in [0.1, 0.15) is 12.0 Å². The van der Waals surface area contributed by atoms with Crippen LogP contribution in [0.4, 0.5) is 24.7 Å². The van der Waals surface area contributed by atoms with E-state index in [1.807, 2.05) is 0 Å². The first-order valence-electron chi connectivity index (χ1n) is 7.71. The Balaban J connectivity index is 2.37. The van der Waals surface area contributed by atoms with Crippen LogP contribution >= 0.6 is 15.9 Å². The van der Waals surface area contributed by atoms with Gasteiger partial charge < -0.3 is 15.4 Å². The Morgan fingerprint density at radius 2 is 2.11 bits per heavy atom. The number of hydrogen-bond acceptors (Lipinski definition) is 8. The number of hydrogen-bond donors (Lipinski definition) is 1. The molecule has 0 bridgehead atoms. The van der Waals surface area contributed by atoms with E-state index in [2.05, 4.69) is 30.9 Å². The summed E-state index contributed by atoms with van der Waals surface area (Å²) in [6, 6.07) is 0. The summed E-state index contributed by atoms with van der Waals surface area (Å²) in [6.07, 6.45) is -1.81. The minimum Gasteiger partial charge on any atom is -0.415 e. The molecular formula is C14H16BrF3N6O3. The zero-order chi connectivity index (χ0) is 20.2. The number of anilines is 1. The van der Waals surface area contributed by atoms with E-state index in [-0.39, 0.29) is 5.82 Å². The summed E-state index contributed by atoms with van der Waals surface area (Å²) in [4.78, 5) is 24.0. The Bertz CT molecular complexity index is 763. The van der Waals surface area contributed by atoms with Gasteiger partial charge in [0, 0.05) is 31.0 Å². The number of rotatable bonds is 4. The van der Waals surface area contributed by atoms with Crippen LogP contribution in [0.2, 0.25) is 0 Å². The number of halogens is 4. The summed E-state index contributed by atoms with van der Waals surface area (Å²) in [5.74, 6) is -1.05. The molecule has 1 aromatic rings. The molecule has 1 aliphatic heterocycles. The molecule has 0 saturated carbocycles. The number of aliphatic imine (C=N–C) groups is 1. The van der Waals surface area contributed by atoms with E-state index in [1.165, 1.54) is 0 Å². The molecule has 0 aliphatic carbocycles. The van der Waals surface area contributed by atoms with Crippen molar-refractivity contribution < 1.29 is 22.8 Å². The number of nitro groups is 1. The van der Waals surface area contributed by atoms with Crippen molar-refractivity contribution in [1.29, 1.82) is 0 Å². The lowest BCUT2D eigenvalue weighted by atomic mass is 10.1. The van der Waals surface area contributed by atoms with Crippen LogP contribution in [0.5, 0.6) is 5.88 Å². The molecule has 1 fully saturated rings. The van der Waals surface area contributed by atoms with Gasteiger partial charge in [-0.2, -0.15) is 18.2 Å². The van der Waals surface area contributed by atoms with E-state index < -0.39 is 34.3 Å². The van der Waals surface area contributed by atoms with Gasteiger partial charge in [0.2, 0.25) is 11.7 Å². The second-order valence-electron chi connectivity index (χ2n) is 5.53. The molecule has 1 aliphatic rings. The van der Waals surface area contributed by atoms with Crippen molar-refractivity contribution in [1.82, 2.24) is 9.97 Å². The van der Waals surface area contributed by atoms with Gasteiger partial charge in [-0.05, 0) is 12.8 Å². The molecule has 1 saturated heterocycles. The van der Waals surface area contributed by atoms with Gasteiger partial charge in [-0.25, -0.2) is 4.98 Å². The lowest BCUT2D eigenvalue weighted by Crippen LogP contribution is -2.35. The van der Waals surface area contributed by atoms with Gasteiger partial charge in [0.05, 0.1) is 4.92 Å². The average Bonchev–Trinajstić information content (AvgIpc) is 2.60. The van der Waals surface area contributed by atoms with Crippen LogP contribution < -0.4 is 15.4 Å². The third kappa shape index (κ3) is 5.28. The van der Waals surface area contributed by atoms with Gasteiger partial charge in [0.15, 0.2) is 0 Å². The number of piperidine rings is 1. The molecule has 0 spiro atoms. The fourth-order valence-electron chi connectivity index (χ4n) is 2.33. The van der Waals surface area contributed by atoms with Crippen LogP contribution in [-0.4, -0.2) is 51.9 Å². The molecule has 2 N–H and O–H groups in total. The van der Waals surface area contributed by atoms with Gasteiger partial charge in [-0.1, -0.05) is 15.9 Å². The van der Waals surface area contributed by atoms with Crippen molar-refractivity contribution in [2.24, 2.45) is 10.7 Å². The highest BCUT2D eigenvalue weighted by atomic mass is 79.9. The van der Waals surface area contributed by atoms with E-state index in [0.717, 1.165) is 26.2 Å². The first-order chi connectivity index (χ1) is 12.6. The molecule has 9 nitrogen and oxygen atoms in total. The molecule has 0 radical (unpaired) electrons. The predicted molar refractivity (Wildman–Crippen MR) is 95.2 cm³/mol. The Kier molecular flexibility index (Phi) is 6.57. The van der Waals surface area contributed by atoms with Crippen LogP contribution in [-0.2, 0) is 0 Å². The minimum atomic E-state index is -4.79. The molecule has 0 atom stereocenters. The molecule has 2 heterocycles. The number of nitrogens with two attached hydrogens (primary N) is 1. The molecule has 1 aromatic heterocycles. The maximum absolute atomic E-state index is 12.6. The highest BCUT2D eigenvalue weighted by Gasteiger charge is 2.33. The second-order valence-corrected chi connectivity index (χ2v) is 6.83. The number of alkyl halides is 4. The summed E-state index contributed by atoms with van der Waals surface area (Å²) < 4.78 is 42.9. The standard InChI is InChI=1S/C14H16BrF3N6O3/c1-20-10(6-9(19)14(16,17)18)27-13-11(24(25)26)12(21-7-22-13)23-4-2-8(15)3-5-23/h6-8H,2-5,19H2,1H3. The maximum Gasteiger partial charge on any atom is 0.430 e. The Morgan fingerprint density at radius 3 is 2.63 bits per heavy atom. The SMILES string of the molecule is CN=C(C=C(N)C(F)(F)F)Oc1ncnc(N2CCC(Br)CC2)c1[N+](=O)[O-]. The molecule has 0 unspecified atom stereocenters. The van der Waals surface area contributed by atoms with Crippen molar-refractivity contribution in [3.05, 3.63) is 28.2 Å². The summed E-state index contributed by atoms with van der Waals surface area (Å²) >= 11 is 3.49. The summed E-state index contributed by atoms with van der Waals surface area (Å²) in [6.45, 7) is 1.03. The summed E-state index contributed by atoms with van der Waals surface area (Å²) in [5.41, 5.74) is 2.93. The van der Waals surface area contributed by atoms with E-state index in [0.29, 0.717) is 24.0 Å². The molecule has 0 aromatic carbocycles. The van der Waals surface area contributed by atoms with Crippen LogP contribution in [0.25, 0.3) is 0 Å². The first-order valence-corrected chi connectivity index (χ1v) is 8.62. The molecule has 13 heteroatoms. The van der Waals surface area contributed by atoms with Crippen LogP contribution in [0.15, 0.2) is 23.1 Å². The van der Waals surface area contributed by atoms with Crippen molar-refractivity contribution in [2.45, 2.75) is 23.8 Å². The van der Waals surface area contributed by atoms with E-state index >= 15 is 0 Å². The minimum absolute atomic E-state index is 0.0348. The third-order valence-corrected chi connectivity index (χ3v) is 4.62. The highest BCUT2D eigenvalue weighted by molar-refractivity contribution is 9.09. The molecule has 0 amide bonds. The maximum atomic E-state index is 12.6. The zero-order valence-corrected chi connectivity index (χ0v) is 15.7. The number of nitrogens with zero attached hydrogens (tertiary/aromatic N) is 5. The monoisotopic (exact) mass is 452 g/mol. The quantitative estimate of drug-likeness (QED) is 0.245. The van der Waals surface area contributed by atoms with E-state index in [9.17, 15) is 23.3 Å². The van der Waals surface area contributed by atoms with Crippen LogP contribution in [0.3, 0.4) is 0 Å². The van der Waals surface area contributed by atoms with Crippen LogP contribution in [0, 0.1) is 10.1 Å². The number of ether oxygens (including phenoxy) is 1. The van der Waals surface area contributed by atoms with E-state index in [1.54, 1.807) is 4.90 Å². The normalized spacial score (nSPS) is 17.1. The van der Waals surface area contributed by atoms with Crippen molar-refractivity contribution in [3.63, 3.8) is 0 Å². The van der Waals surface area contributed by atoms with Gasteiger partial charge in [-0.15, -0.1) is 0 Å². The summed E-state index contributed by atoms with van der Waals surface area (Å²) in [5, 5.41) is 11.6. The smallest absolute Gasteiger partial charge is 0.415 e. The Hall–Kier alpha value is -2.44. The van der Waals surface area contributed by atoms with Crippen LogP contribution in [0.1, 0.15) is 12.8 Å². The molecule has 2 rings (SSSR count). The van der Waals surface area contributed by atoms with Gasteiger partial charge in [0.25, 0.3) is 0 Å². The first kappa shape index (κ1) is 20.9. The largest absolute Gasteiger partial charge is 0.430 e. The highest BCUT2D eigenvalue weighted by Crippen LogP contribution is 2.35. The van der Waals surface area contributed by atoms with Gasteiger partial charge in [-0.3, -0.25) is 15.1 Å².